The molecule has 8 nitrogen and oxygen atoms in total. The highest BCUT2D eigenvalue weighted by Crippen LogP contribution is 2.51. The second kappa shape index (κ2) is 7.02. The van der Waals surface area contributed by atoms with Gasteiger partial charge in [0.15, 0.2) is 0 Å². The fourth-order valence-corrected chi connectivity index (χ4v) is 4.82. The van der Waals surface area contributed by atoms with Crippen molar-refractivity contribution in [1.29, 1.82) is 5.26 Å². The Morgan fingerprint density at radius 3 is 2.47 bits per heavy atom. The molecule has 2 heterocycles. The number of nitrogens with zero attached hydrogens (tertiary/aromatic N) is 3. The normalized spacial score (nSPS) is 15.7. The number of aromatic nitrogens is 3. The van der Waals surface area contributed by atoms with Gasteiger partial charge in [0, 0.05) is 5.69 Å². The van der Waals surface area contributed by atoms with Crippen LogP contribution in [0.15, 0.2) is 39.9 Å². The minimum Gasteiger partial charge on any atom is -0.325 e. The Hall–Kier alpha value is -3.99. The van der Waals surface area contributed by atoms with E-state index in [-0.39, 0.29) is 17.0 Å². The first-order chi connectivity index (χ1) is 15.3. The zero-order valence-electron chi connectivity index (χ0n) is 17.8. The first-order valence-corrected chi connectivity index (χ1v) is 10.5. The van der Waals surface area contributed by atoms with Crippen LogP contribution in [0.1, 0.15) is 52.8 Å². The van der Waals surface area contributed by atoms with Crippen LogP contribution >= 0.6 is 0 Å². The molecule has 32 heavy (non-hydrogen) atoms. The number of H-pyrrole nitrogens is 1. The lowest BCUT2D eigenvalue weighted by Crippen LogP contribution is -2.40. The summed E-state index contributed by atoms with van der Waals surface area (Å²) in [6.45, 7) is 3.92. The number of anilines is 1. The van der Waals surface area contributed by atoms with Crippen LogP contribution in [0, 0.1) is 25.2 Å². The predicted octanol–water partition coefficient (Wildman–Crippen LogP) is 2.37. The van der Waals surface area contributed by atoms with Crippen molar-refractivity contribution in [2.45, 2.75) is 44.9 Å². The van der Waals surface area contributed by atoms with Gasteiger partial charge in [0.2, 0.25) is 11.6 Å². The molecule has 1 saturated carbocycles. The molecule has 5 rings (SSSR count). The van der Waals surface area contributed by atoms with Crippen LogP contribution in [0.4, 0.5) is 5.69 Å². The van der Waals surface area contributed by atoms with E-state index in [1.165, 1.54) is 0 Å². The molecule has 0 saturated heterocycles. The van der Waals surface area contributed by atoms with Gasteiger partial charge in [-0.1, -0.05) is 18.6 Å². The fourth-order valence-electron chi connectivity index (χ4n) is 4.82. The Kier molecular flexibility index (Phi) is 4.38. The Labute approximate surface area is 183 Å². The van der Waals surface area contributed by atoms with Gasteiger partial charge in [-0.05, 0) is 79.1 Å². The highest BCUT2D eigenvalue weighted by atomic mass is 16.2. The molecule has 0 radical (unpaired) electrons. The molecule has 2 aromatic carbocycles. The van der Waals surface area contributed by atoms with Crippen molar-refractivity contribution in [1.82, 2.24) is 14.8 Å². The van der Waals surface area contributed by atoms with E-state index in [0.29, 0.717) is 12.1 Å². The number of carbonyl (C=O) groups excluding carboxylic acids is 1. The summed E-state index contributed by atoms with van der Waals surface area (Å²) in [6.07, 6.45) is 3.55. The number of aryl methyl sites for hydroxylation is 2. The summed E-state index contributed by atoms with van der Waals surface area (Å²) in [6, 6.07) is 11.5. The molecule has 160 valence electrons. The van der Waals surface area contributed by atoms with Crippen LogP contribution in [-0.4, -0.2) is 20.7 Å². The maximum absolute atomic E-state index is 12.5. The van der Waals surface area contributed by atoms with E-state index in [9.17, 15) is 14.4 Å². The van der Waals surface area contributed by atoms with Gasteiger partial charge in [-0.3, -0.25) is 14.6 Å². The Bertz CT molecular complexity index is 1430. The predicted molar refractivity (Wildman–Crippen MR) is 118 cm³/mol. The number of amides is 1. The summed E-state index contributed by atoms with van der Waals surface area (Å²) in [4.78, 5) is 38.5. The number of carbonyl (C=O) groups is 1. The molecule has 3 aromatic rings. The minimum atomic E-state index is -0.798. The number of benzene rings is 2. The van der Waals surface area contributed by atoms with Crippen molar-refractivity contribution in [3.63, 3.8) is 0 Å². The third kappa shape index (κ3) is 2.89. The number of fused-ring (bicyclic) bond motifs is 2. The van der Waals surface area contributed by atoms with E-state index in [0.717, 1.165) is 57.4 Å². The van der Waals surface area contributed by atoms with Gasteiger partial charge in [-0.2, -0.15) is 9.94 Å². The van der Waals surface area contributed by atoms with E-state index in [1.54, 1.807) is 6.07 Å². The summed E-state index contributed by atoms with van der Waals surface area (Å²) in [5, 5.41) is 16.0. The number of rotatable bonds is 3. The number of hydrogen-bond acceptors (Lipinski definition) is 5. The standard InChI is InChI=1S/C24H21N5O3/c1-13-8-16(29-23(32)27-21(30)20(12-25)28-29)9-14(2)17(13)10-15-4-5-19-18(11-15)24(6-3-7-24)22(31)26-19/h4-5,8-9,11H,3,6-7,10H2,1-2H3,(H,26,31)(H,27,30,32). The number of nitriles is 1. The molecule has 2 aliphatic rings. The smallest absolute Gasteiger partial charge is 0.325 e. The van der Waals surface area contributed by atoms with Crippen molar-refractivity contribution in [3.05, 3.63) is 84.7 Å². The largest absolute Gasteiger partial charge is 0.349 e. The summed E-state index contributed by atoms with van der Waals surface area (Å²) < 4.78 is 1.04. The van der Waals surface area contributed by atoms with E-state index < -0.39 is 11.2 Å². The molecular formula is C24H21N5O3. The quantitative estimate of drug-likeness (QED) is 0.665. The van der Waals surface area contributed by atoms with Crippen LogP contribution in [0.3, 0.4) is 0 Å². The number of nitrogens with one attached hydrogen (secondary N) is 2. The summed E-state index contributed by atoms with van der Waals surface area (Å²) in [7, 11) is 0. The number of hydrogen-bond donors (Lipinski definition) is 2. The van der Waals surface area contributed by atoms with E-state index in [1.807, 2.05) is 38.1 Å². The molecule has 0 unspecified atom stereocenters. The van der Waals surface area contributed by atoms with Gasteiger partial charge in [0.05, 0.1) is 11.1 Å². The maximum atomic E-state index is 12.5. The molecule has 1 aromatic heterocycles. The monoisotopic (exact) mass is 427 g/mol. The van der Waals surface area contributed by atoms with Gasteiger partial charge in [-0.25, -0.2) is 4.79 Å². The average molecular weight is 427 g/mol. The van der Waals surface area contributed by atoms with Crippen LogP contribution in [0.2, 0.25) is 0 Å². The molecular weight excluding hydrogens is 406 g/mol. The van der Waals surface area contributed by atoms with Gasteiger partial charge in [0.25, 0.3) is 5.56 Å². The Morgan fingerprint density at radius 1 is 1.12 bits per heavy atom. The summed E-state index contributed by atoms with van der Waals surface area (Å²) in [5.74, 6) is 0.114. The molecule has 1 amide bonds. The van der Waals surface area contributed by atoms with E-state index >= 15 is 0 Å². The molecule has 0 atom stereocenters. The lowest BCUT2D eigenvalue weighted by atomic mass is 9.65. The lowest BCUT2D eigenvalue weighted by molar-refractivity contribution is -0.123. The molecule has 2 N–H and O–H groups in total. The SMILES string of the molecule is Cc1cc(-n2nc(C#N)c(=O)[nH]c2=O)cc(C)c1Cc1ccc2c(c1)C1(CCC1)C(=O)N2. The van der Waals surface area contributed by atoms with Crippen LogP contribution < -0.4 is 16.6 Å². The lowest BCUT2D eigenvalue weighted by Gasteiger charge is -2.36. The van der Waals surface area contributed by atoms with Crippen molar-refractivity contribution >= 4 is 11.6 Å². The van der Waals surface area contributed by atoms with Crippen molar-refractivity contribution < 1.29 is 4.79 Å². The summed E-state index contributed by atoms with van der Waals surface area (Å²) >= 11 is 0. The van der Waals surface area contributed by atoms with Gasteiger partial charge in [-0.15, -0.1) is 5.10 Å². The van der Waals surface area contributed by atoms with Gasteiger partial charge >= 0.3 is 5.69 Å². The molecule has 1 aliphatic carbocycles. The zero-order valence-corrected chi connectivity index (χ0v) is 17.8. The summed E-state index contributed by atoms with van der Waals surface area (Å²) in [5.41, 5.74) is 4.46. The van der Waals surface area contributed by atoms with Gasteiger partial charge < -0.3 is 5.32 Å². The average Bonchev–Trinajstić information content (AvgIpc) is 3.02. The first-order valence-electron chi connectivity index (χ1n) is 10.5. The third-order valence-electron chi connectivity index (χ3n) is 6.73. The number of aromatic amines is 1. The van der Waals surface area contributed by atoms with Crippen LogP contribution in [0.5, 0.6) is 0 Å². The zero-order chi connectivity index (χ0) is 22.6. The van der Waals surface area contributed by atoms with Crippen LogP contribution in [-0.2, 0) is 16.6 Å². The molecule has 0 bridgehead atoms. The highest BCUT2D eigenvalue weighted by molar-refractivity contribution is 6.07. The van der Waals surface area contributed by atoms with E-state index in [2.05, 4.69) is 21.5 Å². The van der Waals surface area contributed by atoms with E-state index in [4.69, 9.17) is 5.26 Å². The molecule has 8 heteroatoms. The third-order valence-corrected chi connectivity index (χ3v) is 6.73. The topological polar surface area (TPSA) is 121 Å². The second-order valence-corrected chi connectivity index (χ2v) is 8.64. The molecule has 1 aliphatic heterocycles. The van der Waals surface area contributed by atoms with Crippen LogP contribution in [0.25, 0.3) is 5.69 Å². The Morgan fingerprint density at radius 2 is 1.84 bits per heavy atom. The van der Waals surface area contributed by atoms with Crippen molar-refractivity contribution in [2.24, 2.45) is 0 Å². The minimum absolute atomic E-state index is 0.114. The highest BCUT2D eigenvalue weighted by Gasteiger charge is 2.50. The molecule has 1 fully saturated rings. The van der Waals surface area contributed by atoms with Crippen molar-refractivity contribution in [3.8, 4) is 11.8 Å². The van der Waals surface area contributed by atoms with Gasteiger partial charge in [0.1, 0.15) is 6.07 Å². The fraction of sp³-hybridized carbons (Fsp3) is 0.292. The Balaban J connectivity index is 1.51. The van der Waals surface area contributed by atoms with Crippen molar-refractivity contribution in [2.75, 3.05) is 5.32 Å². The maximum Gasteiger partial charge on any atom is 0.349 e. The second-order valence-electron chi connectivity index (χ2n) is 8.64. The molecule has 1 spiro atoms. The first kappa shape index (κ1) is 19.9.